The maximum Gasteiger partial charge on any atom is 0.256 e. The van der Waals surface area contributed by atoms with Gasteiger partial charge in [-0.25, -0.2) is 4.39 Å². The van der Waals surface area contributed by atoms with Crippen molar-refractivity contribution in [3.8, 4) is 11.5 Å². The average Bonchev–Trinajstić information content (AvgIpc) is 2.61. The molecule has 0 amide bonds. The number of nitrogens with zero attached hydrogens (tertiary/aromatic N) is 1. The van der Waals surface area contributed by atoms with Gasteiger partial charge in [0.2, 0.25) is 6.61 Å². The molecule has 0 radical (unpaired) electrons. The van der Waals surface area contributed by atoms with Crippen LogP contribution >= 0.6 is 0 Å². The number of hydrogen-bond donors (Lipinski definition) is 0. The Labute approximate surface area is 150 Å². The van der Waals surface area contributed by atoms with Gasteiger partial charge >= 0.3 is 0 Å². The molecule has 0 bridgehead atoms. The Bertz CT molecular complexity index is 675. The molecule has 0 aliphatic carbocycles. The maximum absolute atomic E-state index is 13.7. The van der Waals surface area contributed by atoms with Crippen LogP contribution in [0.2, 0.25) is 0 Å². The van der Waals surface area contributed by atoms with E-state index < -0.39 is 0 Å². The van der Waals surface area contributed by atoms with E-state index in [4.69, 9.17) is 4.74 Å². The van der Waals surface area contributed by atoms with Gasteiger partial charge in [0.1, 0.15) is 0 Å². The lowest BCUT2D eigenvalue weighted by Gasteiger charge is -2.29. The molecular weight excluding hydrogens is 317 g/mol. The molecule has 0 saturated carbocycles. The minimum Gasteiger partial charge on any atom is -0.580 e. The van der Waals surface area contributed by atoms with E-state index in [1.807, 2.05) is 25.1 Å². The second-order valence-electron chi connectivity index (χ2n) is 6.23. The van der Waals surface area contributed by atoms with Crippen molar-refractivity contribution in [2.45, 2.75) is 40.2 Å². The van der Waals surface area contributed by atoms with Crippen molar-refractivity contribution in [2.75, 3.05) is 24.7 Å². The molecule has 0 heterocycles. The van der Waals surface area contributed by atoms with Crippen molar-refractivity contribution < 1.29 is 13.9 Å². The summed E-state index contributed by atoms with van der Waals surface area (Å²) >= 11 is 0. The van der Waals surface area contributed by atoms with E-state index in [2.05, 4.69) is 42.5 Å². The first kappa shape index (κ1) is 19.1. The lowest BCUT2D eigenvalue weighted by Crippen LogP contribution is -2.32. The number of aryl methyl sites for hydroxylation is 1. The number of ether oxygens (including phenoxy) is 2. The topological polar surface area (TPSA) is 25.3 Å². The third kappa shape index (κ3) is 5.38. The zero-order valence-corrected chi connectivity index (χ0v) is 15.6. The number of benzene rings is 2. The predicted octanol–water partition coefficient (Wildman–Crippen LogP) is 5.08. The van der Waals surface area contributed by atoms with Crippen molar-refractivity contribution in [3.05, 3.63) is 53.8 Å². The van der Waals surface area contributed by atoms with E-state index in [1.54, 1.807) is 6.07 Å². The Morgan fingerprint density at radius 3 is 2.64 bits per heavy atom. The average molecular weight is 346 g/mol. The molecule has 0 aromatic heterocycles. The van der Waals surface area contributed by atoms with Crippen molar-refractivity contribution in [1.29, 1.82) is 0 Å². The third-order valence-electron chi connectivity index (χ3n) is 4.36. The molecule has 0 fully saturated rings. The smallest absolute Gasteiger partial charge is 0.256 e. The second kappa shape index (κ2) is 9.30. The highest BCUT2D eigenvalue weighted by atomic mass is 19.1. The first-order valence-electron chi connectivity index (χ1n) is 8.98. The summed E-state index contributed by atoms with van der Waals surface area (Å²) in [5, 5.41) is 0. The Hall–Kier alpha value is -2.23. The zero-order chi connectivity index (χ0) is 18.2. The second-order valence-corrected chi connectivity index (χ2v) is 6.23. The lowest BCUT2D eigenvalue weighted by molar-refractivity contribution is 0.0413. The van der Waals surface area contributed by atoms with Crippen LogP contribution in [0.5, 0.6) is 11.5 Å². The number of aliphatic hydroxyl groups is 1. The quantitative estimate of drug-likeness (QED) is 0.467. The molecule has 1 atom stereocenters. The van der Waals surface area contributed by atoms with E-state index in [1.165, 1.54) is 11.8 Å². The Morgan fingerprint density at radius 2 is 1.96 bits per heavy atom. The molecule has 1 unspecified atom stereocenters. The summed E-state index contributed by atoms with van der Waals surface area (Å²) in [6.45, 7) is 10.3. The Balaban J connectivity index is 1.89. The fraction of sp³-hybridized carbons (Fsp3) is 0.429. The third-order valence-corrected chi connectivity index (χ3v) is 4.36. The molecule has 2 aromatic rings. The fourth-order valence-corrected chi connectivity index (χ4v) is 2.79. The molecule has 2 rings (SSSR count). The molecule has 0 aliphatic heterocycles. The molecule has 3 nitrogen and oxygen atoms in total. The van der Waals surface area contributed by atoms with E-state index in [0.29, 0.717) is 19.3 Å². The van der Waals surface area contributed by atoms with Crippen LogP contribution in [0.3, 0.4) is 0 Å². The highest BCUT2D eigenvalue weighted by molar-refractivity contribution is 5.51. The molecule has 2 aromatic carbocycles. The van der Waals surface area contributed by atoms with Gasteiger partial charge in [-0.3, -0.25) is 0 Å². The fourth-order valence-electron chi connectivity index (χ4n) is 2.79. The van der Waals surface area contributed by atoms with Crippen LogP contribution in [0.15, 0.2) is 42.5 Å². The highest BCUT2D eigenvalue weighted by Crippen LogP contribution is 2.24. The number of hydrogen-bond acceptors (Lipinski definition) is 2. The highest BCUT2D eigenvalue weighted by Gasteiger charge is 2.13. The number of halogens is 1. The van der Waals surface area contributed by atoms with Gasteiger partial charge in [-0.1, -0.05) is 19.1 Å². The molecular formula is C21H29FNO2+. The molecule has 25 heavy (non-hydrogen) atoms. The Kier molecular flexibility index (Phi) is 7.11. The maximum atomic E-state index is 13.7. The minimum atomic E-state index is -0.325. The monoisotopic (exact) mass is 346 g/mol. The van der Waals surface area contributed by atoms with E-state index in [0.717, 1.165) is 24.3 Å². The van der Waals surface area contributed by atoms with Crippen LogP contribution in [0.1, 0.15) is 32.8 Å². The van der Waals surface area contributed by atoms with Gasteiger partial charge < -0.3 is 14.4 Å². The van der Waals surface area contributed by atoms with Gasteiger partial charge in [0.15, 0.2) is 18.2 Å². The molecule has 0 aliphatic rings. The van der Waals surface area contributed by atoms with Crippen LogP contribution in [-0.2, 0) is 0 Å². The standard InChI is InChI=1S/C21H28FNO2/c1-5-17(4)23(6-2)18-8-7-9-19(15-18)24-12-13-25-21-11-10-16(3)14-20(21)22/h7-11,14-15,17H,5-6,12-13H2,1-4H3/p+1. The van der Waals surface area contributed by atoms with Crippen LogP contribution in [0, 0.1) is 12.7 Å². The molecule has 0 spiro atoms. The first-order valence-corrected chi connectivity index (χ1v) is 8.98. The summed E-state index contributed by atoms with van der Waals surface area (Å²) in [5.41, 5.74) is 2.07. The summed E-state index contributed by atoms with van der Waals surface area (Å²) in [6, 6.07) is 13.7. The van der Waals surface area contributed by atoms with Crippen LogP contribution in [-0.4, -0.2) is 30.5 Å². The first-order chi connectivity index (χ1) is 12.0. The van der Waals surface area contributed by atoms with Gasteiger partial charge in [-0.2, -0.15) is 0 Å². The minimum absolute atomic E-state index is 0.281. The number of rotatable bonds is 9. The van der Waals surface area contributed by atoms with Gasteiger partial charge in [0, 0.05) is 24.3 Å². The number of anilines is 1. The Morgan fingerprint density at radius 1 is 1.16 bits per heavy atom. The van der Waals surface area contributed by atoms with Crippen molar-refractivity contribution >= 4 is 5.69 Å². The molecule has 0 saturated heterocycles. The zero-order valence-electron chi connectivity index (χ0n) is 15.6. The normalized spacial score (nSPS) is 11.9. The SMILES string of the molecule is CCC(C)N(CC)c1cccc([OH+]CCOc2ccc(C)cc2F)c1. The van der Waals surface area contributed by atoms with Gasteiger partial charge in [-0.15, -0.1) is 0 Å². The van der Waals surface area contributed by atoms with E-state index in [9.17, 15) is 4.39 Å². The summed E-state index contributed by atoms with van der Waals surface area (Å²) in [4.78, 5) is 2.37. The summed E-state index contributed by atoms with van der Waals surface area (Å²) in [6.07, 6.45) is 1.10. The van der Waals surface area contributed by atoms with Crippen molar-refractivity contribution in [1.82, 2.24) is 0 Å². The molecule has 1 N–H and O–H groups in total. The molecule has 4 heteroatoms. The van der Waals surface area contributed by atoms with Crippen LogP contribution in [0.25, 0.3) is 0 Å². The van der Waals surface area contributed by atoms with Crippen molar-refractivity contribution in [2.24, 2.45) is 0 Å². The van der Waals surface area contributed by atoms with Gasteiger partial charge in [0.25, 0.3) is 5.75 Å². The van der Waals surface area contributed by atoms with Crippen molar-refractivity contribution in [3.63, 3.8) is 0 Å². The van der Waals surface area contributed by atoms with E-state index in [-0.39, 0.29) is 11.6 Å². The van der Waals surface area contributed by atoms with Gasteiger partial charge in [-0.05, 0) is 51.0 Å². The predicted molar refractivity (Wildman–Crippen MR) is 102 cm³/mol. The summed E-state index contributed by atoms with van der Waals surface area (Å²) in [5.74, 6) is 0.879. The summed E-state index contributed by atoms with van der Waals surface area (Å²) < 4.78 is 23.8. The van der Waals surface area contributed by atoms with Crippen LogP contribution < -0.4 is 9.64 Å². The van der Waals surface area contributed by atoms with E-state index >= 15 is 0 Å². The number of aromatic hydroxyl groups is 1. The van der Waals surface area contributed by atoms with Crippen LogP contribution in [0.4, 0.5) is 10.1 Å². The lowest BCUT2D eigenvalue weighted by atomic mass is 10.2. The van der Waals surface area contributed by atoms with Gasteiger partial charge in [0.05, 0.1) is 6.07 Å². The molecule has 136 valence electrons. The summed E-state index contributed by atoms with van der Waals surface area (Å²) in [7, 11) is 0. The largest absolute Gasteiger partial charge is 0.580 e.